The molecule has 0 fully saturated rings. The lowest BCUT2D eigenvalue weighted by atomic mass is 10.1. The van der Waals surface area contributed by atoms with Crippen molar-refractivity contribution < 1.29 is 9.53 Å². The summed E-state index contributed by atoms with van der Waals surface area (Å²) in [6.45, 7) is 0. The summed E-state index contributed by atoms with van der Waals surface area (Å²) >= 11 is 1.21. The predicted molar refractivity (Wildman–Crippen MR) is 89.9 cm³/mol. The molecule has 0 aliphatic carbocycles. The quantitative estimate of drug-likeness (QED) is 0.689. The van der Waals surface area contributed by atoms with Crippen molar-refractivity contribution in [2.75, 3.05) is 7.11 Å². The number of methoxy groups -OCH3 is 1. The molecule has 2 N–H and O–H groups in total. The molecular weight excluding hydrogens is 326 g/mol. The zero-order valence-electron chi connectivity index (χ0n) is 12.9. The van der Waals surface area contributed by atoms with Crippen LogP contribution in [0.15, 0.2) is 59.8 Å². The van der Waals surface area contributed by atoms with Gasteiger partial charge in [0.15, 0.2) is 0 Å². The van der Waals surface area contributed by atoms with E-state index in [0.717, 1.165) is 17.0 Å². The molecule has 0 aliphatic rings. The minimum atomic E-state index is -0.575. The fourth-order valence-electron chi connectivity index (χ4n) is 2.16. The molecule has 0 aliphatic heterocycles. The number of hydrogen-bond acceptors (Lipinski definition) is 6. The Morgan fingerprint density at radius 2 is 1.88 bits per heavy atom. The van der Waals surface area contributed by atoms with Crippen molar-refractivity contribution in [3.05, 3.63) is 60.2 Å². The van der Waals surface area contributed by atoms with Gasteiger partial charge in [-0.25, -0.2) is 0 Å². The van der Waals surface area contributed by atoms with E-state index in [1.165, 1.54) is 11.8 Å². The number of tetrazole rings is 1. The summed E-state index contributed by atoms with van der Waals surface area (Å²) in [6, 6.07) is 16.6. The lowest BCUT2D eigenvalue weighted by Crippen LogP contribution is -2.19. The molecule has 1 atom stereocenters. The van der Waals surface area contributed by atoms with Gasteiger partial charge in [-0.1, -0.05) is 42.1 Å². The highest BCUT2D eigenvalue weighted by Gasteiger charge is 2.23. The van der Waals surface area contributed by atoms with Crippen LogP contribution in [-0.2, 0) is 4.79 Å². The maximum atomic E-state index is 11.9. The molecule has 1 unspecified atom stereocenters. The maximum absolute atomic E-state index is 11.9. The van der Waals surface area contributed by atoms with E-state index in [1.807, 2.05) is 54.6 Å². The number of ether oxygens (including phenoxy) is 1. The van der Waals surface area contributed by atoms with Crippen molar-refractivity contribution in [2.45, 2.75) is 10.4 Å². The molecule has 1 aromatic heterocycles. The second kappa shape index (κ2) is 7.14. The van der Waals surface area contributed by atoms with Crippen molar-refractivity contribution >= 4 is 17.7 Å². The average Bonchev–Trinajstić information content (AvgIpc) is 3.08. The van der Waals surface area contributed by atoms with Gasteiger partial charge in [-0.2, -0.15) is 4.68 Å². The minimum absolute atomic E-state index is 0.449. The number of rotatable bonds is 6. The van der Waals surface area contributed by atoms with Gasteiger partial charge in [-0.3, -0.25) is 4.79 Å². The number of aromatic nitrogens is 4. The van der Waals surface area contributed by atoms with Crippen molar-refractivity contribution in [3.8, 4) is 11.4 Å². The highest BCUT2D eigenvalue weighted by atomic mass is 32.2. The van der Waals surface area contributed by atoms with E-state index in [9.17, 15) is 4.79 Å². The molecule has 1 amide bonds. The van der Waals surface area contributed by atoms with Crippen LogP contribution in [-0.4, -0.2) is 33.2 Å². The number of primary amides is 1. The van der Waals surface area contributed by atoms with Gasteiger partial charge in [0.05, 0.1) is 12.8 Å². The van der Waals surface area contributed by atoms with Crippen LogP contribution < -0.4 is 10.5 Å². The van der Waals surface area contributed by atoms with Gasteiger partial charge in [0.2, 0.25) is 11.1 Å². The Hall–Kier alpha value is -2.87. The van der Waals surface area contributed by atoms with E-state index >= 15 is 0 Å². The van der Waals surface area contributed by atoms with Crippen LogP contribution in [0.2, 0.25) is 0 Å². The number of nitrogens with two attached hydrogens (primary N) is 1. The number of benzene rings is 2. The smallest absolute Gasteiger partial charge is 0.235 e. The van der Waals surface area contributed by atoms with Crippen LogP contribution >= 0.6 is 11.8 Å². The van der Waals surface area contributed by atoms with Crippen LogP contribution in [0.4, 0.5) is 0 Å². The third kappa shape index (κ3) is 3.38. The molecule has 1 heterocycles. The topological polar surface area (TPSA) is 95.9 Å². The molecule has 0 radical (unpaired) electrons. The summed E-state index contributed by atoms with van der Waals surface area (Å²) in [5.41, 5.74) is 7.13. The Kier molecular flexibility index (Phi) is 4.76. The zero-order valence-corrected chi connectivity index (χ0v) is 13.7. The number of hydrogen-bond donors (Lipinski definition) is 1. The van der Waals surface area contributed by atoms with E-state index in [0.29, 0.717) is 5.16 Å². The van der Waals surface area contributed by atoms with Crippen molar-refractivity contribution in [3.63, 3.8) is 0 Å². The molecule has 0 saturated heterocycles. The minimum Gasteiger partial charge on any atom is -0.497 e. The van der Waals surface area contributed by atoms with E-state index < -0.39 is 11.2 Å². The highest BCUT2D eigenvalue weighted by Crippen LogP contribution is 2.34. The van der Waals surface area contributed by atoms with Crippen LogP contribution in [0.5, 0.6) is 5.75 Å². The van der Waals surface area contributed by atoms with E-state index in [1.54, 1.807) is 11.8 Å². The molecule has 3 rings (SSSR count). The summed E-state index contributed by atoms with van der Waals surface area (Å²) < 4.78 is 6.70. The Morgan fingerprint density at radius 3 is 2.50 bits per heavy atom. The molecule has 0 saturated carbocycles. The molecule has 122 valence electrons. The Morgan fingerprint density at radius 1 is 1.17 bits per heavy atom. The van der Waals surface area contributed by atoms with E-state index in [2.05, 4.69) is 15.5 Å². The van der Waals surface area contributed by atoms with Crippen molar-refractivity contribution in [1.29, 1.82) is 0 Å². The Labute approximate surface area is 142 Å². The molecule has 0 bridgehead atoms. The molecule has 0 spiro atoms. The third-order valence-electron chi connectivity index (χ3n) is 3.34. The highest BCUT2D eigenvalue weighted by molar-refractivity contribution is 8.00. The third-order valence-corrected chi connectivity index (χ3v) is 4.55. The van der Waals surface area contributed by atoms with Gasteiger partial charge in [0.25, 0.3) is 0 Å². The van der Waals surface area contributed by atoms with Gasteiger partial charge in [-0.15, -0.1) is 5.10 Å². The first-order valence-corrected chi connectivity index (χ1v) is 8.00. The molecular formula is C16H15N5O2S. The lowest BCUT2D eigenvalue weighted by Gasteiger charge is -2.13. The van der Waals surface area contributed by atoms with Gasteiger partial charge in [0.1, 0.15) is 11.0 Å². The largest absolute Gasteiger partial charge is 0.497 e. The van der Waals surface area contributed by atoms with Gasteiger partial charge < -0.3 is 10.5 Å². The monoisotopic (exact) mass is 341 g/mol. The number of amides is 1. The second-order valence-electron chi connectivity index (χ2n) is 4.88. The predicted octanol–water partition coefficient (Wildman–Crippen LogP) is 1.99. The fourth-order valence-corrected chi connectivity index (χ4v) is 3.11. The van der Waals surface area contributed by atoms with E-state index in [-0.39, 0.29) is 0 Å². The maximum Gasteiger partial charge on any atom is 0.235 e. The standard InChI is InChI=1S/C16H15N5O2S/c1-23-13-9-7-12(8-10-13)21-16(18-19-20-21)24-14(15(17)22)11-5-3-2-4-6-11/h2-10,14H,1H3,(H2,17,22). The molecule has 8 heteroatoms. The first-order chi connectivity index (χ1) is 11.7. The van der Waals surface area contributed by atoms with Gasteiger partial charge in [0, 0.05) is 0 Å². The summed E-state index contributed by atoms with van der Waals surface area (Å²) in [5, 5.41) is 11.6. The molecule has 7 nitrogen and oxygen atoms in total. The van der Waals surface area contributed by atoms with Crippen molar-refractivity contribution in [1.82, 2.24) is 20.2 Å². The fraction of sp³-hybridized carbons (Fsp3) is 0.125. The number of carbonyl (C=O) groups excluding carboxylic acids is 1. The van der Waals surface area contributed by atoms with Gasteiger partial charge >= 0.3 is 0 Å². The molecule has 3 aromatic rings. The summed E-state index contributed by atoms with van der Waals surface area (Å²) in [4.78, 5) is 11.9. The number of carbonyl (C=O) groups is 1. The Bertz CT molecular complexity index is 820. The zero-order chi connectivity index (χ0) is 16.9. The summed E-state index contributed by atoms with van der Waals surface area (Å²) in [7, 11) is 1.60. The van der Waals surface area contributed by atoms with Crippen LogP contribution in [0, 0.1) is 0 Å². The van der Waals surface area contributed by atoms with Crippen LogP contribution in [0.3, 0.4) is 0 Å². The normalized spacial score (nSPS) is 11.9. The van der Waals surface area contributed by atoms with Crippen LogP contribution in [0.1, 0.15) is 10.8 Å². The molecule has 24 heavy (non-hydrogen) atoms. The SMILES string of the molecule is COc1ccc(-n2nnnc2SC(C(N)=O)c2ccccc2)cc1. The number of thioether (sulfide) groups is 1. The lowest BCUT2D eigenvalue weighted by molar-refractivity contribution is -0.117. The van der Waals surface area contributed by atoms with Crippen LogP contribution in [0.25, 0.3) is 5.69 Å². The first kappa shape index (κ1) is 16.0. The van der Waals surface area contributed by atoms with Gasteiger partial charge in [-0.05, 0) is 40.3 Å². The first-order valence-electron chi connectivity index (χ1n) is 7.13. The summed E-state index contributed by atoms with van der Waals surface area (Å²) in [6.07, 6.45) is 0. The van der Waals surface area contributed by atoms with Crippen molar-refractivity contribution in [2.24, 2.45) is 5.73 Å². The number of nitrogens with zero attached hydrogens (tertiary/aromatic N) is 4. The summed E-state index contributed by atoms with van der Waals surface area (Å²) in [5.74, 6) is 0.288. The Balaban J connectivity index is 1.90. The molecule has 2 aromatic carbocycles. The van der Waals surface area contributed by atoms with E-state index in [4.69, 9.17) is 10.5 Å². The second-order valence-corrected chi connectivity index (χ2v) is 5.95. The average molecular weight is 341 g/mol.